The van der Waals surface area contributed by atoms with Crippen LogP contribution in [-0.4, -0.2) is 26.3 Å². The topological polar surface area (TPSA) is 74.1 Å². The van der Waals surface area contributed by atoms with Crippen molar-refractivity contribution < 1.29 is 18.0 Å². The van der Waals surface area contributed by atoms with Crippen LogP contribution in [0.4, 0.5) is 4.39 Å². The smallest absolute Gasteiger partial charge is 0.277 e. The van der Waals surface area contributed by atoms with Crippen LogP contribution in [0.3, 0.4) is 0 Å². The van der Waals surface area contributed by atoms with E-state index in [1.165, 1.54) is 17.8 Å². The van der Waals surface area contributed by atoms with Crippen LogP contribution < -0.4 is 0 Å². The molecule has 0 aliphatic rings. The number of nitrogens with zero attached hydrogens (tertiary/aromatic N) is 3. The molecular weight excluding hydrogens is 393 g/mol. The molecule has 3 aromatic heterocycles. The van der Waals surface area contributed by atoms with E-state index in [0.717, 1.165) is 11.3 Å². The first-order chi connectivity index (χ1) is 14.0. The lowest BCUT2D eigenvalue weighted by molar-refractivity contribution is 0.102. The third-order valence-corrected chi connectivity index (χ3v) is 5.47. The number of benzene rings is 1. The molecule has 0 aliphatic carbocycles. The highest BCUT2D eigenvalue weighted by molar-refractivity contribution is 7.99. The number of thioether (sulfide) groups is 1. The summed E-state index contributed by atoms with van der Waals surface area (Å²) in [6.07, 6.45) is 1.55. The summed E-state index contributed by atoms with van der Waals surface area (Å²) in [4.78, 5) is 12.8. The van der Waals surface area contributed by atoms with Gasteiger partial charge in [-0.25, -0.2) is 4.39 Å². The first kappa shape index (κ1) is 19.2. The number of rotatable bonds is 6. The second-order valence-electron chi connectivity index (χ2n) is 6.55. The first-order valence-corrected chi connectivity index (χ1v) is 9.92. The molecule has 0 saturated heterocycles. The molecule has 0 atom stereocenters. The molecule has 0 amide bonds. The lowest BCUT2D eigenvalue weighted by Crippen LogP contribution is -2.06. The van der Waals surface area contributed by atoms with Gasteiger partial charge >= 0.3 is 0 Å². The van der Waals surface area contributed by atoms with Crippen molar-refractivity contribution in [2.24, 2.45) is 0 Å². The molecule has 0 radical (unpaired) electrons. The number of halogens is 1. The molecule has 4 rings (SSSR count). The molecule has 4 aromatic rings. The van der Waals surface area contributed by atoms with Gasteiger partial charge in [0.2, 0.25) is 0 Å². The summed E-state index contributed by atoms with van der Waals surface area (Å²) >= 11 is 1.17. The molecule has 148 valence electrons. The van der Waals surface area contributed by atoms with Gasteiger partial charge in [-0.05, 0) is 45.0 Å². The van der Waals surface area contributed by atoms with Gasteiger partial charge < -0.3 is 13.4 Å². The van der Waals surface area contributed by atoms with Crippen molar-refractivity contribution in [3.63, 3.8) is 0 Å². The van der Waals surface area contributed by atoms with Crippen molar-refractivity contribution in [3.05, 3.63) is 71.2 Å². The van der Waals surface area contributed by atoms with Gasteiger partial charge in [0.05, 0.1) is 23.3 Å². The Morgan fingerprint density at radius 1 is 1.17 bits per heavy atom. The Kier molecular flexibility index (Phi) is 5.10. The molecule has 0 N–H and O–H groups in total. The number of aromatic nitrogens is 3. The average Bonchev–Trinajstić information content (AvgIpc) is 3.40. The van der Waals surface area contributed by atoms with Crippen LogP contribution in [0.25, 0.3) is 17.1 Å². The normalized spacial score (nSPS) is 11.2. The van der Waals surface area contributed by atoms with Crippen molar-refractivity contribution in [1.82, 2.24) is 14.8 Å². The fourth-order valence-electron chi connectivity index (χ4n) is 3.24. The number of furan rings is 1. The summed E-state index contributed by atoms with van der Waals surface area (Å²) in [6, 6.07) is 10.0. The highest BCUT2D eigenvalue weighted by Gasteiger charge is 2.20. The average molecular weight is 411 g/mol. The van der Waals surface area contributed by atoms with E-state index in [-0.39, 0.29) is 17.4 Å². The minimum absolute atomic E-state index is 0.0927. The molecule has 29 heavy (non-hydrogen) atoms. The minimum atomic E-state index is -0.337. The zero-order valence-electron chi connectivity index (χ0n) is 16.1. The van der Waals surface area contributed by atoms with E-state index in [0.29, 0.717) is 33.8 Å². The maximum Gasteiger partial charge on any atom is 0.277 e. The molecule has 6 nitrogen and oxygen atoms in total. The number of hydrogen-bond donors (Lipinski definition) is 0. The van der Waals surface area contributed by atoms with E-state index in [2.05, 4.69) is 10.2 Å². The second-order valence-corrected chi connectivity index (χ2v) is 7.47. The van der Waals surface area contributed by atoms with Crippen molar-refractivity contribution in [1.29, 1.82) is 0 Å². The maximum absolute atomic E-state index is 14.2. The van der Waals surface area contributed by atoms with E-state index in [1.54, 1.807) is 48.1 Å². The van der Waals surface area contributed by atoms with Crippen LogP contribution in [-0.2, 0) is 0 Å². The molecule has 8 heteroatoms. The third-order valence-electron chi connectivity index (χ3n) is 4.65. The summed E-state index contributed by atoms with van der Waals surface area (Å²) in [5.41, 5.74) is 3.17. The number of ketones is 1. The van der Waals surface area contributed by atoms with Crippen molar-refractivity contribution in [2.75, 3.05) is 5.75 Å². The zero-order valence-corrected chi connectivity index (χ0v) is 16.9. The number of carbonyl (C=O) groups excluding carboxylic acids is 1. The number of para-hydroxylation sites is 1. The standard InChI is InChI=1S/C21H18FN3O3S/c1-12-10-16(13(2)25(12)18-7-5-4-6-17(18)22)19(26)11-29-21-24-23-20(28-21)15-8-9-27-14(15)3/h4-10H,11H2,1-3H3. The summed E-state index contributed by atoms with van der Waals surface area (Å²) in [6.45, 7) is 5.46. The van der Waals surface area contributed by atoms with E-state index >= 15 is 0 Å². The highest BCUT2D eigenvalue weighted by atomic mass is 32.2. The lowest BCUT2D eigenvalue weighted by atomic mass is 10.2. The molecule has 0 saturated carbocycles. The Hall–Kier alpha value is -3.13. The lowest BCUT2D eigenvalue weighted by Gasteiger charge is -2.10. The Labute approximate surface area is 170 Å². The third kappa shape index (κ3) is 3.63. The molecule has 1 aromatic carbocycles. The summed E-state index contributed by atoms with van der Waals surface area (Å²) in [5, 5.41) is 8.28. The minimum Gasteiger partial charge on any atom is -0.469 e. The van der Waals surface area contributed by atoms with Gasteiger partial charge in [0.25, 0.3) is 11.1 Å². The van der Waals surface area contributed by atoms with Crippen LogP contribution >= 0.6 is 11.8 Å². The van der Waals surface area contributed by atoms with Gasteiger partial charge in [-0.2, -0.15) is 0 Å². The summed E-state index contributed by atoms with van der Waals surface area (Å²) in [5.74, 6) is 0.736. The van der Waals surface area contributed by atoms with Crippen LogP contribution in [0, 0.1) is 26.6 Å². The molecule has 0 spiro atoms. The molecule has 0 bridgehead atoms. The van der Waals surface area contributed by atoms with Gasteiger partial charge in [-0.15, -0.1) is 10.2 Å². The Morgan fingerprint density at radius 3 is 2.69 bits per heavy atom. The molecular formula is C21H18FN3O3S. The number of aryl methyl sites for hydroxylation is 2. The molecule has 0 fully saturated rings. The van der Waals surface area contributed by atoms with Crippen molar-refractivity contribution in [2.45, 2.75) is 26.0 Å². The van der Waals surface area contributed by atoms with Gasteiger partial charge in [-0.1, -0.05) is 23.9 Å². The number of carbonyl (C=O) groups is 1. The zero-order chi connectivity index (χ0) is 20.5. The van der Waals surface area contributed by atoms with E-state index in [1.807, 2.05) is 13.8 Å². The van der Waals surface area contributed by atoms with Crippen molar-refractivity contribution in [3.8, 4) is 17.1 Å². The molecule has 0 unspecified atom stereocenters. The Balaban J connectivity index is 1.52. The van der Waals surface area contributed by atoms with Crippen LogP contribution in [0.2, 0.25) is 0 Å². The number of Topliss-reactive ketones (excluding diaryl/α,β-unsaturated/α-hetero) is 1. The van der Waals surface area contributed by atoms with Crippen LogP contribution in [0.5, 0.6) is 0 Å². The van der Waals surface area contributed by atoms with Gasteiger partial charge in [-0.3, -0.25) is 4.79 Å². The second kappa shape index (κ2) is 7.71. The van der Waals surface area contributed by atoms with Crippen molar-refractivity contribution >= 4 is 17.5 Å². The van der Waals surface area contributed by atoms with Gasteiger partial charge in [0.1, 0.15) is 11.6 Å². The van der Waals surface area contributed by atoms with Crippen LogP contribution in [0.15, 0.2) is 56.7 Å². The molecule has 0 aliphatic heterocycles. The van der Waals surface area contributed by atoms with Gasteiger partial charge in [0.15, 0.2) is 5.78 Å². The van der Waals surface area contributed by atoms with E-state index in [4.69, 9.17) is 8.83 Å². The van der Waals surface area contributed by atoms with E-state index < -0.39 is 0 Å². The predicted octanol–water partition coefficient (Wildman–Crippen LogP) is 5.16. The maximum atomic E-state index is 14.2. The highest BCUT2D eigenvalue weighted by Crippen LogP contribution is 2.28. The monoisotopic (exact) mass is 411 g/mol. The summed E-state index contributed by atoms with van der Waals surface area (Å²) < 4.78 is 26.8. The Morgan fingerprint density at radius 2 is 1.97 bits per heavy atom. The fourth-order valence-corrected chi connectivity index (χ4v) is 3.88. The number of hydrogen-bond acceptors (Lipinski definition) is 6. The summed E-state index contributed by atoms with van der Waals surface area (Å²) in [7, 11) is 0. The largest absolute Gasteiger partial charge is 0.469 e. The van der Waals surface area contributed by atoms with E-state index in [9.17, 15) is 9.18 Å². The SMILES string of the molecule is Cc1occc1-c1nnc(SCC(=O)c2cc(C)n(-c3ccccc3F)c2C)o1. The predicted molar refractivity (Wildman–Crippen MR) is 107 cm³/mol. The fraction of sp³-hybridized carbons (Fsp3) is 0.190. The Bertz CT molecular complexity index is 1190. The quantitative estimate of drug-likeness (QED) is 0.322. The van der Waals surface area contributed by atoms with Gasteiger partial charge in [0, 0.05) is 17.0 Å². The molecule has 3 heterocycles. The first-order valence-electron chi connectivity index (χ1n) is 8.93. The van der Waals surface area contributed by atoms with Crippen LogP contribution in [0.1, 0.15) is 27.5 Å².